The van der Waals surface area contributed by atoms with Crippen LogP contribution in [0.4, 0.5) is 0 Å². The third kappa shape index (κ3) is 5.74. The predicted octanol–water partition coefficient (Wildman–Crippen LogP) is 6.86. The van der Waals surface area contributed by atoms with Gasteiger partial charge in [-0.15, -0.1) is 0 Å². The minimum Gasteiger partial charge on any atom is -0.507 e. The van der Waals surface area contributed by atoms with E-state index in [-0.39, 0.29) is 5.78 Å². The van der Waals surface area contributed by atoms with E-state index < -0.39 is 0 Å². The van der Waals surface area contributed by atoms with E-state index in [4.69, 9.17) is 23.2 Å². The van der Waals surface area contributed by atoms with Crippen LogP contribution in [0.5, 0.6) is 5.75 Å². The number of carbonyl (C=O) groups is 1. The molecule has 0 spiro atoms. The molecule has 2 aliphatic rings. The number of nitrogens with zero attached hydrogens (tertiary/aromatic N) is 2. The van der Waals surface area contributed by atoms with Crippen molar-refractivity contribution >= 4 is 39.9 Å². The number of nitrogens with one attached hydrogen (secondary N) is 1. The van der Waals surface area contributed by atoms with Crippen LogP contribution in [-0.4, -0.2) is 58.4 Å². The molecular formula is C29H33Cl2N3O2. The Hall–Kier alpha value is -2.47. The maximum Gasteiger partial charge on any atom is 0.187 e. The molecule has 5 nitrogen and oxygen atoms in total. The molecule has 2 N–H and O–H groups in total. The Morgan fingerprint density at radius 3 is 2.56 bits per heavy atom. The topological polar surface area (TPSA) is 59.6 Å². The van der Waals surface area contributed by atoms with Crippen molar-refractivity contribution in [2.24, 2.45) is 5.92 Å². The summed E-state index contributed by atoms with van der Waals surface area (Å²) in [6.07, 6.45) is 11.5. The molecule has 2 aromatic carbocycles. The number of aromatic nitrogens is 1. The molecule has 0 atom stereocenters. The molecule has 0 aliphatic carbocycles. The summed E-state index contributed by atoms with van der Waals surface area (Å²) in [7, 11) is 0. The number of H-pyrrole nitrogens is 1. The monoisotopic (exact) mass is 525 g/mol. The average molecular weight is 527 g/mol. The minimum atomic E-state index is -0.0538. The van der Waals surface area contributed by atoms with Crippen LogP contribution in [0.3, 0.4) is 0 Å². The summed E-state index contributed by atoms with van der Waals surface area (Å²) in [4.78, 5) is 20.6. The standard InChI is InChI=1S/C29H33Cl2N3O2/c30-24-5-4-22(18-25(24)31)27(35)11-17-33-12-6-20(7-13-33)8-14-34-15-9-21(10-16-34)23-19-32-26-2-1-3-28(36)29(23)26/h1-5,11,17-21,32,36H,6-10,12-16H2/b17-11+. The van der Waals surface area contributed by atoms with Crippen molar-refractivity contribution in [3.05, 3.63) is 76.0 Å². The van der Waals surface area contributed by atoms with Gasteiger partial charge in [-0.05, 0) is 99.5 Å². The lowest BCUT2D eigenvalue weighted by atomic mass is 9.88. The normalized spacial score (nSPS) is 18.4. The van der Waals surface area contributed by atoms with Gasteiger partial charge in [-0.2, -0.15) is 0 Å². The van der Waals surface area contributed by atoms with Crippen molar-refractivity contribution in [3.63, 3.8) is 0 Å². The molecule has 0 radical (unpaired) electrons. The van der Waals surface area contributed by atoms with E-state index in [1.165, 1.54) is 12.0 Å². The number of fused-ring (bicyclic) bond motifs is 1. The van der Waals surface area contributed by atoms with Crippen LogP contribution >= 0.6 is 23.2 Å². The zero-order valence-electron chi connectivity index (χ0n) is 20.4. The van der Waals surface area contributed by atoms with Crippen molar-refractivity contribution in [2.45, 2.75) is 38.0 Å². The molecule has 3 heterocycles. The lowest BCUT2D eigenvalue weighted by molar-refractivity contribution is 0.104. The number of phenolic OH excluding ortho intramolecular Hbond substituents is 1. The van der Waals surface area contributed by atoms with E-state index in [2.05, 4.69) is 21.0 Å². The van der Waals surface area contributed by atoms with Crippen LogP contribution in [0, 0.1) is 5.92 Å². The number of phenols is 1. The van der Waals surface area contributed by atoms with Crippen molar-refractivity contribution in [3.8, 4) is 5.75 Å². The lowest BCUT2D eigenvalue weighted by Crippen LogP contribution is -2.36. The van der Waals surface area contributed by atoms with Gasteiger partial charge in [-0.25, -0.2) is 0 Å². The summed E-state index contributed by atoms with van der Waals surface area (Å²) in [5.74, 6) is 1.57. The average Bonchev–Trinajstić information content (AvgIpc) is 3.34. The number of rotatable bonds is 7. The van der Waals surface area contributed by atoms with Crippen LogP contribution in [0.1, 0.15) is 53.9 Å². The predicted molar refractivity (Wildman–Crippen MR) is 147 cm³/mol. The highest BCUT2D eigenvalue weighted by molar-refractivity contribution is 6.42. The zero-order chi connectivity index (χ0) is 25.1. The smallest absolute Gasteiger partial charge is 0.187 e. The Morgan fingerprint density at radius 1 is 1.03 bits per heavy atom. The second kappa shape index (κ2) is 11.3. The molecule has 5 rings (SSSR count). The first-order valence-electron chi connectivity index (χ1n) is 12.9. The second-order valence-corrected chi connectivity index (χ2v) is 11.0. The fraction of sp³-hybridized carbons (Fsp3) is 0.414. The first-order valence-corrected chi connectivity index (χ1v) is 13.7. The maximum atomic E-state index is 12.4. The number of allylic oxidation sites excluding steroid dienone is 1. The molecule has 0 unspecified atom stereocenters. The fourth-order valence-corrected chi connectivity index (χ4v) is 5.95. The fourth-order valence-electron chi connectivity index (χ4n) is 5.66. The van der Waals surface area contributed by atoms with Gasteiger partial charge in [0.15, 0.2) is 5.78 Å². The van der Waals surface area contributed by atoms with E-state index in [1.807, 2.05) is 18.3 Å². The van der Waals surface area contributed by atoms with Crippen molar-refractivity contribution in [1.29, 1.82) is 0 Å². The van der Waals surface area contributed by atoms with Gasteiger partial charge < -0.3 is 19.9 Å². The van der Waals surface area contributed by atoms with E-state index in [1.54, 1.807) is 30.3 Å². The number of hydrogen-bond donors (Lipinski definition) is 2. The third-order valence-electron chi connectivity index (χ3n) is 7.89. The SMILES string of the molecule is O=C(/C=C/N1CCC(CCN2CCC(c3c[nH]c4cccc(O)c34)CC2)CC1)c1ccc(Cl)c(Cl)c1. The van der Waals surface area contributed by atoms with Gasteiger partial charge >= 0.3 is 0 Å². The van der Waals surface area contributed by atoms with Gasteiger partial charge in [0.05, 0.1) is 10.0 Å². The molecule has 0 amide bonds. The number of ketones is 1. The molecule has 2 fully saturated rings. The first kappa shape index (κ1) is 25.2. The van der Waals surface area contributed by atoms with E-state index in [9.17, 15) is 9.90 Å². The summed E-state index contributed by atoms with van der Waals surface area (Å²) in [6, 6.07) is 10.7. The highest BCUT2D eigenvalue weighted by atomic mass is 35.5. The highest BCUT2D eigenvalue weighted by Crippen LogP contribution is 2.37. The molecule has 36 heavy (non-hydrogen) atoms. The van der Waals surface area contributed by atoms with Crippen molar-refractivity contribution in [2.75, 3.05) is 32.7 Å². The van der Waals surface area contributed by atoms with Crippen LogP contribution in [0.25, 0.3) is 10.9 Å². The molecule has 190 valence electrons. The van der Waals surface area contributed by atoms with Crippen LogP contribution in [0.15, 0.2) is 54.9 Å². The summed E-state index contributed by atoms with van der Waals surface area (Å²) >= 11 is 12.0. The lowest BCUT2D eigenvalue weighted by Gasteiger charge is -2.35. The Balaban J connectivity index is 1.04. The largest absolute Gasteiger partial charge is 0.507 e. The quantitative estimate of drug-likeness (QED) is 0.261. The number of carbonyl (C=O) groups excluding carboxylic acids is 1. The van der Waals surface area contributed by atoms with Gasteiger partial charge in [-0.3, -0.25) is 4.79 Å². The first-order chi connectivity index (χ1) is 17.5. The van der Waals surface area contributed by atoms with Crippen LogP contribution < -0.4 is 0 Å². The summed E-state index contributed by atoms with van der Waals surface area (Å²) < 4.78 is 0. The van der Waals surface area contributed by atoms with Crippen molar-refractivity contribution < 1.29 is 9.90 Å². The molecule has 2 aliphatic heterocycles. The molecular weight excluding hydrogens is 493 g/mol. The van der Waals surface area contributed by atoms with Crippen LogP contribution in [0.2, 0.25) is 10.0 Å². The maximum absolute atomic E-state index is 12.4. The van der Waals surface area contributed by atoms with Gasteiger partial charge in [0.1, 0.15) is 5.75 Å². The van der Waals surface area contributed by atoms with Gasteiger partial charge in [0.25, 0.3) is 0 Å². The highest BCUT2D eigenvalue weighted by Gasteiger charge is 2.25. The van der Waals surface area contributed by atoms with Gasteiger partial charge in [0.2, 0.25) is 0 Å². The number of hydrogen-bond acceptors (Lipinski definition) is 4. The number of benzene rings is 2. The van der Waals surface area contributed by atoms with Crippen LogP contribution in [-0.2, 0) is 0 Å². The Labute approximate surface area is 222 Å². The summed E-state index contributed by atoms with van der Waals surface area (Å²) in [5, 5.41) is 12.2. The number of aromatic hydroxyl groups is 1. The minimum absolute atomic E-state index is 0.0538. The molecule has 1 aromatic heterocycles. The zero-order valence-corrected chi connectivity index (χ0v) is 21.9. The van der Waals surface area contributed by atoms with Crippen molar-refractivity contribution in [1.82, 2.24) is 14.8 Å². The summed E-state index contributed by atoms with van der Waals surface area (Å²) in [5.41, 5.74) is 2.84. The molecule has 0 bridgehead atoms. The number of aromatic amines is 1. The Kier molecular flexibility index (Phi) is 7.90. The molecule has 3 aromatic rings. The summed E-state index contributed by atoms with van der Waals surface area (Å²) in [6.45, 7) is 5.36. The number of likely N-dealkylation sites (tertiary alicyclic amines) is 2. The van der Waals surface area contributed by atoms with E-state index >= 15 is 0 Å². The van der Waals surface area contributed by atoms with Gasteiger partial charge in [-0.1, -0.05) is 29.3 Å². The number of halogens is 2. The third-order valence-corrected chi connectivity index (χ3v) is 8.62. The number of piperidine rings is 2. The Bertz CT molecular complexity index is 1240. The van der Waals surface area contributed by atoms with E-state index in [0.717, 1.165) is 75.2 Å². The molecule has 7 heteroatoms. The second-order valence-electron chi connectivity index (χ2n) is 10.1. The Morgan fingerprint density at radius 2 is 1.81 bits per heavy atom. The molecule has 0 saturated carbocycles. The molecule has 2 saturated heterocycles. The van der Waals surface area contributed by atoms with Gasteiger partial charge in [0, 0.05) is 48.0 Å². The van der Waals surface area contributed by atoms with E-state index in [0.29, 0.717) is 27.3 Å².